The van der Waals surface area contributed by atoms with Gasteiger partial charge < -0.3 is 20.9 Å². The second-order valence-corrected chi connectivity index (χ2v) is 9.60. The molecule has 1 aliphatic heterocycles. The Morgan fingerprint density at radius 1 is 0.974 bits per heavy atom. The number of nitrogens with one attached hydrogen (secondary N) is 4. The van der Waals surface area contributed by atoms with Crippen LogP contribution in [0, 0.1) is 0 Å². The van der Waals surface area contributed by atoms with Crippen LogP contribution in [-0.4, -0.2) is 63.9 Å². The number of fused-ring (bicyclic) bond motifs is 1. The number of nitrogens with zero attached hydrogens (tertiary/aromatic N) is 2. The van der Waals surface area contributed by atoms with Crippen LogP contribution < -0.4 is 16.0 Å². The first-order valence-corrected chi connectivity index (χ1v) is 13.0. The molecule has 10 heteroatoms. The van der Waals surface area contributed by atoms with Crippen molar-refractivity contribution in [2.75, 3.05) is 13.1 Å². The third-order valence-corrected chi connectivity index (χ3v) is 6.74. The Balaban J connectivity index is 1.34. The van der Waals surface area contributed by atoms with Gasteiger partial charge in [0.25, 0.3) is 0 Å². The highest BCUT2D eigenvalue weighted by molar-refractivity contribution is 5.95. The van der Waals surface area contributed by atoms with E-state index < -0.39 is 18.0 Å². The molecule has 0 unspecified atom stereocenters. The monoisotopic (exact) mass is 518 g/mol. The molecule has 10 nitrogen and oxygen atoms in total. The van der Waals surface area contributed by atoms with Crippen LogP contribution >= 0.6 is 0 Å². The largest absolute Gasteiger partial charge is 0.350 e. The summed E-state index contributed by atoms with van der Waals surface area (Å²) >= 11 is 0. The Morgan fingerprint density at radius 2 is 1.74 bits per heavy atom. The molecule has 2 atom stereocenters. The summed E-state index contributed by atoms with van der Waals surface area (Å²) in [5, 5.41) is 16.1. The second kappa shape index (κ2) is 12.8. The van der Waals surface area contributed by atoms with Gasteiger partial charge in [0.1, 0.15) is 12.1 Å². The van der Waals surface area contributed by atoms with Gasteiger partial charge in [0.15, 0.2) is 0 Å². The molecule has 4 N–H and O–H groups in total. The molecular formula is C28H34N6O4. The molecule has 3 aromatic rings. The van der Waals surface area contributed by atoms with Crippen LogP contribution in [0.25, 0.3) is 10.9 Å². The van der Waals surface area contributed by atoms with Crippen molar-refractivity contribution in [3.05, 3.63) is 65.9 Å². The van der Waals surface area contributed by atoms with Crippen LogP contribution in [0.4, 0.5) is 0 Å². The van der Waals surface area contributed by atoms with E-state index in [1.54, 1.807) is 18.0 Å². The highest BCUT2D eigenvalue weighted by atomic mass is 16.2. The number of para-hydroxylation sites is 1. The molecule has 4 rings (SSSR count). The Morgan fingerprint density at radius 3 is 2.50 bits per heavy atom. The van der Waals surface area contributed by atoms with Gasteiger partial charge in [-0.05, 0) is 37.3 Å². The van der Waals surface area contributed by atoms with Gasteiger partial charge >= 0.3 is 0 Å². The van der Waals surface area contributed by atoms with Crippen LogP contribution in [0.3, 0.4) is 0 Å². The van der Waals surface area contributed by atoms with Crippen molar-refractivity contribution in [1.82, 2.24) is 31.0 Å². The van der Waals surface area contributed by atoms with Crippen molar-refractivity contribution in [3.63, 3.8) is 0 Å². The van der Waals surface area contributed by atoms with Crippen molar-refractivity contribution in [1.29, 1.82) is 0 Å². The van der Waals surface area contributed by atoms with E-state index in [0.29, 0.717) is 19.5 Å². The van der Waals surface area contributed by atoms with Crippen LogP contribution in [-0.2, 0) is 32.1 Å². The van der Waals surface area contributed by atoms with Crippen LogP contribution in [0.15, 0.2) is 54.7 Å². The number of aromatic amines is 1. The summed E-state index contributed by atoms with van der Waals surface area (Å²) in [4.78, 5) is 53.1. The zero-order valence-corrected chi connectivity index (χ0v) is 21.5. The van der Waals surface area contributed by atoms with Crippen molar-refractivity contribution in [3.8, 4) is 0 Å². The van der Waals surface area contributed by atoms with Crippen LogP contribution in [0.2, 0.25) is 0 Å². The first kappa shape index (κ1) is 26.8. The Bertz CT molecular complexity index is 1270. The SMILES string of the molecule is C[C@H](NC(=O)[C@H](CC(=O)N1CCCC1)NC(=O)CCc1ccccc1)C(=O)NCc1cccc2cn[nH]c12. The van der Waals surface area contributed by atoms with E-state index in [9.17, 15) is 19.2 Å². The summed E-state index contributed by atoms with van der Waals surface area (Å²) in [6.45, 7) is 3.13. The highest BCUT2D eigenvalue weighted by Crippen LogP contribution is 2.15. The molecule has 2 aromatic carbocycles. The molecule has 0 saturated carbocycles. The number of benzene rings is 2. The number of aryl methyl sites for hydroxylation is 1. The average molecular weight is 519 g/mol. The van der Waals surface area contributed by atoms with Gasteiger partial charge in [-0.2, -0.15) is 5.10 Å². The lowest BCUT2D eigenvalue weighted by atomic mass is 10.1. The molecule has 1 aliphatic rings. The quantitative estimate of drug-likeness (QED) is 0.307. The van der Waals surface area contributed by atoms with Crippen molar-refractivity contribution >= 4 is 34.5 Å². The maximum Gasteiger partial charge on any atom is 0.243 e. The molecule has 0 bridgehead atoms. The summed E-state index contributed by atoms with van der Waals surface area (Å²) in [5.41, 5.74) is 2.71. The molecule has 0 spiro atoms. The van der Waals surface area contributed by atoms with Gasteiger partial charge in [-0.15, -0.1) is 0 Å². The van der Waals surface area contributed by atoms with Gasteiger partial charge in [0, 0.05) is 31.4 Å². The molecular weight excluding hydrogens is 484 g/mol. The van der Waals surface area contributed by atoms with Crippen LogP contribution in [0.5, 0.6) is 0 Å². The molecule has 4 amide bonds. The summed E-state index contributed by atoms with van der Waals surface area (Å²) in [6.07, 6.45) is 4.11. The third kappa shape index (κ3) is 7.18. The number of H-pyrrole nitrogens is 1. The number of hydrogen-bond acceptors (Lipinski definition) is 5. The standard InChI is InChI=1S/C28H34N6O4/c1-19(27(37)29-17-21-10-7-11-22-18-30-33-26(21)22)31-28(38)23(16-25(36)34-14-5-6-15-34)32-24(35)13-12-20-8-3-2-4-9-20/h2-4,7-11,18-19,23H,5-6,12-17H2,1H3,(H,29,37)(H,30,33)(H,31,38)(H,32,35)/t19-,23-/m0/s1. The third-order valence-electron chi connectivity index (χ3n) is 6.74. The fourth-order valence-corrected chi connectivity index (χ4v) is 4.54. The van der Waals surface area contributed by atoms with Gasteiger partial charge in [-0.1, -0.05) is 48.5 Å². The minimum absolute atomic E-state index is 0.154. The van der Waals surface area contributed by atoms with E-state index in [-0.39, 0.29) is 37.1 Å². The lowest BCUT2D eigenvalue weighted by Crippen LogP contribution is -2.54. The predicted octanol–water partition coefficient (Wildman–Crippen LogP) is 1.81. The zero-order valence-electron chi connectivity index (χ0n) is 21.5. The van der Waals surface area contributed by atoms with Crippen molar-refractivity contribution in [2.24, 2.45) is 0 Å². The fraction of sp³-hybridized carbons (Fsp3) is 0.393. The van der Waals surface area contributed by atoms with Crippen LogP contribution in [0.1, 0.15) is 43.7 Å². The number of likely N-dealkylation sites (tertiary alicyclic amines) is 1. The van der Waals surface area contributed by atoms with Gasteiger partial charge in [-0.25, -0.2) is 0 Å². The molecule has 2 heterocycles. The van der Waals surface area contributed by atoms with Gasteiger partial charge in [0.05, 0.1) is 18.1 Å². The Labute approximate surface area is 221 Å². The number of aromatic nitrogens is 2. The van der Waals surface area contributed by atoms with E-state index >= 15 is 0 Å². The smallest absolute Gasteiger partial charge is 0.243 e. The van der Waals surface area contributed by atoms with Crippen molar-refractivity contribution < 1.29 is 19.2 Å². The van der Waals surface area contributed by atoms with Gasteiger partial charge in [0.2, 0.25) is 23.6 Å². The fourth-order valence-electron chi connectivity index (χ4n) is 4.54. The number of hydrogen-bond donors (Lipinski definition) is 4. The molecule has 0 radical (unpaired) electrons. The number of carbonyl (C=O) groups excluding carboxylic acids is 4. The molecule has 1 saturated heterocycles. The minimum atomic E-state index is -1.07. The Hall–Kier alpha value is -4.21. The summed E-state index contributed by atoms with van der Waals surface area (Å²) in [6, 6.07) is 13.3. The Kier molecular flexibility index (Phi) is 9.07. The maximum atomic E-state index is 13.1. The highest BCUT2D eigenvalue weighted by Gasteiger charge is 2.29. The average Bonchev–Trinajstić information content (AvgIpc) is 3.63. The second-order valence-electron chi connectivity index (χ2n) is 9.60. The minimum Gasteiger partial charge on any atom is -0.350 e. The maximum absolute atomic E-state index is 13.1. The van der Waals surface area contributed by atoms with E-state index in [1.165, 1.54) is 0 Å². The van der Waals surface area contributed by atoms with E-state index in [4.69, 9.17) is 0 Å². The van der Waals surface area contributed by atoms with E-state index in [1.807, 2.05) is 48.5 Å². The zero-order chi connectivity index (χ0) is 26.9. The lowest BCUT2D eigenvalue weighted by molar-refractivity contribution is -0.136. The number of carbonyl (C=O) groups is 4. The number of rotatable bonds is 11. The first-order valence-electron chi connectivity index (χ1n) is 13.0. The first-order chi connectivity index (χ1) is 18.4. The normalized spacial score (nSPS) is 14.6. The molecule has 38 heavy (non-hydrogen) atoms. The van der Waals surface area contributed by atoms with E-state index in [2.05, 4.69) is 26.1 Å². The predicted molar refractivity (Wildman–Crippen MR) is 143 cm³/mol. The molecule has 0 aliphatic carbocycles. The number of amides is 4. The summed E-state index contributed by atoms with van der Waals surface area (Å²) in [7, 11) is 0. The molecule has 200 valence electrons. The molecule has 1 aromatic heterocycles. The van der Waals surface area contributed by atoms with E-state index in [0.717, 1.165) is 34.9 Å². The lowest BCUT2D eigenvalue weighted by Gasteiger charge is -2.23. The topological polar surface area (TPSA) is 136 Å². The van der Waals surface area contributed by atoms with Crippen molar-refractivity contribution in [2.45, 2.75) is 57.7 Å². The summed E-state index contributed by atoms with van der Waals surface area (Å²) in [5.74, 6) is -1.46. The molecule has 1 fully saturated rings. The summed E-state index contributed by atoms with van der Waals surface area (Å²) < 4.78 is 0. The van der Waals surface area contributed by atoms with Gasteiger partial charge in [-0.3, -0.25) is 24.3 Å².